The van der Waals surface area contributed by atoms with Gasteiger partial charge in [0.25, 0.3) is 0 Å². The summed E-state index contributed by atoms with van der Waals surface area (Å²) in [6, 6.07) is 9.16. The second-order valence-electron chi connectivity index (χ2n) is 5.14. The van der Waals surface area contributed by atoms with Gasteiger partial charge < -0.3 is 0 Å². The van der Waals surface area contributed by atoms with Crippen molar-refractivity contribution in [3.8, 4) is 0 Å². The number of benzene rings is 1. The van der Waals surface area contributed by atoms with E-state index in [1.807, 2.05) is 11.8 Å². The molecule has 0 N–H and O–H groups in total. The van der Waals surface area contributed by atoms with Crippen LogP contribution in [0.15, 0.2) is 29.2 Å². The topological polar surface area (TPSA) is 0 Å². The number of rotatable bonds is 6. The highest BCUT2D eigenvalue weighted by atomic mass is 32.2. The average Bonchev–Trinajstić information content (AvgIpc) is 2.38. The van der Waals surface area contributed by atoms with Crippen LogP contribution in [0.2, 0.25) is 0 Å². The first-order valence-corrected chi connectivity index (χ1v) is 7.65. The SMILES string of the molecule is CCC(C)c1ccc(SC(C)(CC)CC)cc1. The highest BCUT2D eigenvalue weighted by Crippen LogP contribution is 2.38. The van der Waals surface area contributed by atoms with E-state index in [1.165, 1.54) is 29.7 Å². The molecule has 0 fully saturated rings. The van der Waals surface area contributed by atoms with Crippen LogP contribution < -0.4 is 0 Å². The third-order valence-electron chi connectivity index (χ3n) is 3.92. The fourth-order valence-electron chi connectivity index (χ4n) is 1.78. The molecular formula is C16H26S. The van der Waals surface area contributed by atoms with Crippen LogP contribution >= 0.6 is 11.8 Å². The van der Waals surface area contributed by atoms with Crippen LogP contribution in [0.4, 0.5) is 0 Å². The van der Waals surface area contributed by atoms with Gasteiger partial charge in [-0.05, 0) is 42.9 Å². The maximum atomic E-state index is 2.36. The van der Waals surface area contributed by atoms with Crippen LogP contribution in [0.3, 0.4) is 0 Å². The Balaban J connectivity index is 2.74. The Bertz CT molecular complexity index is 322. The minimum Gasteiger partial charge on any atom is -0.120 e. The standard InChI is InChI=1S/C16H26S/c1-6-13(4)14-9-11-15(12-10-14)17-16(5,7-2)8-3/h9-13H,6-8H2,1-5H3. The molecule has 0 bridgehead atoms. The minimum atomic E-state index is 0.387. The van der Waals surface area contributed by atoms with Crippen molar-refractivity contribution >= 4 is 11.8 Å². The minimum absolute atomic E-state index is 0.387. The van der Waals surface area contributed by atoms with E-state index in [9.17, 15) is 0 Å². The number of thioether (sulfide) groups is 1. The zero-order chi connectivity index (χ0) is 12.9. The van der Waals surface area contributed by atoms with Crippen LogP contribution in [0.1, 0.15) is 65.4 Å². The van der Waals surface area contributed by atoms with E-state index in [4.69, 9.17) is 0 Å². The van der Waals surface area contributed by atoms with Gasteiger partial charge in [-0.2, -0.15) is 0 Å². The molecular weight excluding hydrogens is 224 g/mol. The van der Waals surface area contributed by atoms with Crippen molar-refractivity contribution in [1.82, 2.24) is 0 Å². The molecule has 1 aromatic rings. The van der Waals surface area contributed by atoms with Gasteiger partial charge in [0.15, 0.2) is 0 Å². The smallest absolute Gasteiger partial charge is 0.0173 e. The van der Waals surface area contributed by atoms with Gasteiger partial charge in [-0.3, -0.25) is 0 Å². The van der Waals surface area contributed by atoms with Gasteiger partial charge in [-0.1, -0.05) is 46.8 Å². The molecule has 0 amide bonds. The van der Waals surface area contributed by atoms with Gasteiger partial charge in [0.1, 0.15) is 0 Å². The monoisotopic (exact) mass is 250 g/mol. The quantitative estimate of drug-likeness (QED) is 0.569. The Labute approximate surface area is 111 Å². The molecule has 0 saturated carbocycles. The van der Waals surface area contributed by atoms with Crippen molar-refractivity contribution in [1.29, 1.82) is 0 Å². The number of hydrogen-bond acceptors (Lipinski definition) is 1. The van der Waals surface area contributed by atoms with E-state index in [1.54, 1.807) is 0 Å². The fraction of sp³-hybridized carbons (Fsp3) is 0.625. The summed E-state index contributed by atoms with van der Waals surface area (Å²) in [4.78, 5) is 1.41. The third-order valence-corrected chi connectivity index (χ3v) is 5.50. The normalized spacial score (nSPS) is 13.7. The predicted molar refractivity (Wildman–Crippen MR) is 80.0 cm³/mol. The van der Waals surface area contributed by atoms with Crippen LogP contribution in [0.5, 0.6) is 0 Å². The van der Waals surface area contributed by atoms with Gasteiger partial charge >= 0.3 is 0 Å². The number of hydrogen-bond donors (Lipinski definition) is 0. The summed E-state index contributed by atoms with van der Waals surface area (Å²) >= 11 is 2.02. The molecule has 1 aromatic carbocycles. The maximum Gasteiger partial charge on any atom is 0.0173 e. The highest BCUT2D eigenvalue weighted by molar-refractivity contribution is 8.00. The van der Waals surface area contributed by atoms with Crippen molar-refractivity contribution in [2.24, 2.45) is 0 Å². The third kappa shape index (κ3) is 4.06. The van der Waals surface area contributed by atoms with E-state index >= 15 is 0 Å². The zero-order valence-corrected chi connectivity index (χ0v) is 12.7. The second kappa shape index (κ2) is 6.49. The summed E-state index contributed by atoms with van der Waals surface area (Å²) in [5, 5.41) is 0. The Morgan fingerprint density at radius 1 is 1.06 bits per heavy atom. The van der Waals surface area contributed by atoms with Gasteiger partial charge in [-0.15, -0.1) is 11.8 Å². The maximum absolute atomic E-state index is 2.36. The summed E-state index contributed by atoms with van der Waals surface area (Å²) < 4.78 is 0.387. The lowest BCUT2D eigenvalue weighted by Gasteiger charge is -2.26. The molecule has 0 saturated heterocycles. The molecule has 1 rings (SSSR count). The van der Waals surface area contributed by atoms with Crippen molar-refractivity contribution in [2.75, 3.05) is 0 Å². The molecule has 0 spiro atoms. The molecule has 0 aromatic heterocycles. The molecule has 0 aliphatic heterocycles. The molecule has 1 unspecified atom stereocenters. The summed E-state index contributed by atoms with van der Waals surface area (Å²) in [5.74, 6) is 0.679. The first-order chi connectivity index (χ1) is 8.04. The molecule has 17 heavy (non-hydrogen) atoms. The first kappa shape index (κ1) is 14.6. The lowest BCUT2D eigenvalue weighted by Crippen LogP contribution is -2.16. The largest absolute Gasteiger partial charge is 0.120 e. The molecule has 0 heterocycles. The second-order valence-corrected chi connectivity index (χ2v) is 6.80. The molecule has 1 atom stereocenters. The summed E-state index contributed by atoms with van der Waals surface area (Å²) in [6.45, 7) is 11.5. The predicted octanol–water partition coefficient (Wildman–Crippen LogP) is 5.87. The van der Waals surface area contributed by atoms with E-state index in [0.29, 0.717) is 10.7 Å². The van der Waals surface area contributed by atoms with E-state index in [2.05, 4.69) is 58.9 Å². The summed E-state index contributed by atoms with van der Waals surface area (Å²) in [5.41, 5.74) is 1.46. The lowest BCUT2D eigenvalue weighted by molar-refractivity contribution is 0.599. The van der Waals surface area contributed by atoms with Gasteiger partial charge in [0.2, 0.25) is 0 Å². The van der Waals surface area contributed by atoms with Gasteiger partial charge in [0, 0.05) is 9.64 Å². The molecule has 0 aliphatic rings. The molecule has 0 aliphatic carbocycles. The Hall–Kier alpha value is -0.430. The van der Waals surface area contributed by atoms with E-state index in [-0.39, 0.29) is 0 Å². The van der Waals surface area contributed by atoms with Crippen LogP contribution in [-0.4, -0.2) is 4.75 Å². The Morgan fingerprint density at radius 3 is 2.00 bits per heavy atom. The van der Waals surface area contributed by atoms with Crippen molar-refractivity contribution < 1.29 is 0 Å². The van der Waals surface area contributed by atoms with Gasteiger partial charge in [-0.25, -0.2) is 0 Å². The van der Waals surface area contributed by atoms with Crippen molar-refractivity contribution in [3.63, 3.8) is 0 Å². The molecule has 0 nitrogen and oxygen atoms in total. The molecule has 0 radical (unpaired) electrons. The fourth-order valence-corrected chi connectivity index (χ4v) is 2.91. The van der Waals surface area contributed by atoms with E-state index in [0.717, 1.165) is 0 Å². The first-order valence-electron chi connectivity index (χ1n) is 6.83. The molecule has 96 valence electrons. The van der Waals surface area contributed by atoms with Crippen LogP contribution in [0, 0.1) is 0 Å². The Kier molecular flexibility index (Phi) is 5.58. The molecule has 1 heteroatoms. The van der Waals surface area contributed by atoms with Crippen molar-refractivity contribution in [2.45, 2.75) is 69.4 Å². The van der Waals surface area contributed by atoms with E-state index < -0.39 is 0 Å². The zero-order valence-electron chi connectivity index (χ0n) is 11.9. The van der Waals surface area contributed by atoms with Gasteiger partial charge in [0.05, 0.1) is 0 Å². The van der Waals surface area contributed by atoms with Crippen LogP contribution in [-0.2, 0) is 0 Å². The Morgan fingerprint density at radius 2 is 1.59 bits per heavy atom. The average molecular weight is 250 g/mol. The summed E-state index contributed by atoms with van der Waals surface area (Å²) in [7, 11) is 0. The lowest BCUT2D eigenvalue weighted by atomic mass is 9.99. The summed E-state index contributed by atoms with van der Waals surface area (Å²) in [6.07, 6.45) is 3.66. The van der Waals surface area contributed by atoms with Crippen molar-refractivity contribution in [3.05, 3.63) is 29.8 Å². The van der Waals surface area contributed by atoms with Crippen LogP contribution in [0.25, 0.3) is 0 Å². The highest BCUT2D eigenvalue weighted by Gasteiger charge is 2.20.